The monoisotopic (exact) mass is 214 g/mol. The molecule has 4 heteroatoms. The van der Waals surface area contributed by atoms with Crippen molar-refractivity contribution in [2.45, 2.75) is 20.3 Å². The molecule has 1 aliphatic rings. The smallest absolute Gasteiger partial charge is 0.224 e. The van der Waals surface area contributed by atoms with Gasteiger partial charge in [-0.1, -0.05) is 13.8 Å². The van der Waals surface area contributed by atoms with E-state index >= 15 is 0 Å². The van der Waals surface area contributed by atoms with Crippen molar-refractivity contribution in [3.63, 3.8) is 0 Å². The predicted octanol–water partition coefficient (Wildman–Crippen LogP) is 0.577. The van der Waals surface area contributed by atoms with E-state index in [1.807, 2.05) is 4.90 Å². The fourth-order valence-corrected chi connectivity index (χ4v) is 1.76. The normalized spacial score (nSPS) is 17.1. The Balaban J connectivity index is 2.22. The Morgan fingerprint density at radius 1 is 1.27 bits per heavy atom. The molecule has 1 saturated heterocycles. The van der Waals surface area contributed by atoms with Gasteiger partial charge in [0.05, 0.1) is 13.2 Å². The molecular weight excluding hydrogens is 192 g/mol. The summed E-state index contributed by atoms with van der Waals surface area (Å²) in [4.78, 5) is 16.0. The Morgan fingerprint density at radius 3 is 2.40 bits per heavy atom. The summed E-state index contributed by atoms with van der Waals surface area (Å²) in [5, 5.41) is 0. The van der Waals surface area contributed by atoms with Crippen molar-refractivity contribution < 1.29 is 9.53 Å². The van der Waals surface area contributed by atoms with E-state index in [4.69, 9.17) is 4.74 Å². The number of carbonyl (C=O) groups excluding carboxylic acids is 1. The molecule has 0 saturated carbocycles. The highest BCUT2D eigenvalue weighted by atomic mass is 16.5. The van der Waals surface area contributed by atoms with Gasteiger partial charge in [0.1, 0.15) is 0 Å². The maximum Gasteiger partial charge on any atom is 0.224 e. The van der Waals surface area contributed by atoms with E-state index in [1.54, 1.807) is 0 Å². The zero-order valence-corrected chi connectivity index (χ0v) is 9.87. The van der Waals surface area contributed by atoms with Crippen LogP contribution in [0.2, 0.25) is 0 Å². The summed E-state index contributed by atoms with van der Waals surface area (Å²) in [5.74, 6) is 0.269. The van der Waals surface area contributed by atoms with Gasteiger partial charge in [0.25, 0.3) is 0 Å². The first-order valence-corrected chi connectivity index (χ1v) is 5.85. The summed E-state index contributed by atoms with van der Waals surface area (Å²) < 4.78 is 5.21. The second-order valence-corrected chi connectivity index (χ2v) is 3.77. The summed E-state index contributed by atoms with van der Waals surface area (Å²) in [6, 6.07) is 0. The first-order chi connectivity index (χ1) is 7.27. The third kappa shape index (κ3) is 4.18. The highest BCUT2D eigenvalue weighted by molar-refractivity contribution is 5.76. The summed E-state index contributed by atoms with van der Waals surface area (Å²) in [6.45, 7) is 10.1. The molecule has 0 bridgehead atoms. The summed E-state index contributed by atoms with van der Waals surface area (Å²) in [6.07, 6.45) is 0.641. The van der Waals surface area contributed by atoms with Crippen LogP contribution in [0.4, 0.5) is 0 Å². The number of hydrogen-bond donors (Lipinski definition) is 0. The third-order valence-corrected chi connectivity index (χ3v) is 2.90. The first-order valence-electron chi connectivity index (χ1n) is 5.85. The van der Waals surface area contributed by atoms with Crippen molar-refractivity contribution >= 4 is 5.91 Å². The lowest BCUT2D eigenvalue weighted by Gasteiger charge is -2.28. The Morgan fingerprint density at radius 2 is 1.87 bits per heavy atom. The lowest BCUT2D eigenvalue weighted by atomic mass is 10.3. The highest BCUT2D eigenvalue weighted by Crippen LogP contribution is 2.01. The van der Waals surface area contributed by atoms with Crippen LogP contribution in [0, 0.1) is 0 Å². The van der Waals surface area contributed by atoms with Crippen LogP contribution in [0.5, 0.6) is 0 Å². The second-order valence-electron chi connectivity index (χ2n) is 3.77. The molecule has 88 valence electrons. The Kier molecular flexibility index (Phi) is 5.65. The molecule has 15 heavy (non-hydrogen) atoms. The standard InChI is InChI=1S/C11H22N2O2/c1-3-12(4-2)6-5-11(14)13-7-9-15-10-8-13/h3-10H2,1-2H3. The number of carbonyl (C=O) groups is 1. The fraction of sp³-hybridized carbons (Fsp3) is 0.909. The van der Waals surface area contributed by atoms with Crippen LogP contribution in [0.25, 0.3) is 0 Å². The van der Waals surface area contributed by atoms with E-state index in [0.29, 0.717) is 19.6 Å². The molecule has 0 aliphatic carbocycles. The van der Waals surface area contributed by atoms with E-state index in [-0.39, 0.29) is 5.91 Å². The Bertz CT molecular complexity index is 187. The summed E-state index contributed by atoms with van der Waals surface area (Å²) >= 11 is 0. The van der Waals surface area contributed by atoms with Crippen LogP contribution in [0.15, 0.2) is 0 Å². The molecule has 1 rings (SSSR count). The molecule has 0 atom stereocenters. The Hall–Kier alpha value is -0.610. The topological polar surface area (TPSA) is 32.8 Å². The second kappa shape index (κ2) is 6.80. The fourth-order valence-electron chi connectivity index (χ4n) is 1.76. The van der Waals surface area contributed by atoms with Crippen LogP contribution >= 0.6 is 0 Å². The molecule has 0 unspecified atom stereocenters. The maximum atomic E-state index is 11.8. The molecule has 0 aromatic heterocycles. The van der Waals surface area contributed by atoms with Gasteiger partial charge in [-0.3, -0.25) is 4.79 Å². The minimum absolute atomic E-state index is 0.269. The molecular formula is C11H22N2O2. The molecule has 0 aromatic rings. The summed E-state index contributed by atoms with van der Waals surface area (Å²) in [5.41, 5.74) is 0. The van der Waals surface area contributed by atoms with Crippen LogP contribution in [-0.4, -0.2) is 61.6 Å². The minimum atomic E-state index is 0.269. The van der Waals surface area contributed by atoms with Gasteiger partial charge in [-0.05, 0) is 13.1 Å². The predicted molar refractivity (Wildman–Crippen MR) is 59.8 cm³/mol. The number of nitrogens with zero attached hydrogens (tertiary/aromatic N) is 2. The lowest BCUT2D eigenvalue weighted by Crippen LogP contribution is -2.42. The third-order valence-electron chi connectivity index (χ3n) is 2.90. The van der Waals surface area contributed by atoms with Crippen LogP contribution in [0.3, 0.4) is 0 Å². The first kappa shape index (κ1) is 12.5. The van der Waals surface area contributed by atoms with E-state index in [1.165, 1.54) is 0 Å². The van der Waals surface area contributed by atoms with Gasteiger partial charge in [0.2, 0.25) is 5.91 Å². The van der Waals surface area contributed by atoms with Crippen molar-refractivity contribution in [2.75, 3.05) is 45.9 Å². The molecule has 0 aromatic carbocycles. The largest absolute Gasteiger partial charge is 0.378 e. The molecule has 0 radical (unpaired) electrons. The van der Waals surface area contributed by atoms with Crippen molar-refractivity contribution in [1.82, 2.24) is 9.80 Å². The van der Waals surface area contributed by atoms with Crippen LogP contribution in [0.1, 0.15) is 20.3 Å². The van der Waals surface area contributed by atoms with Gasteiger partial charge in [-0.15, -0.1) is 0 Å². The van der Waals surface area contributed by atoms with Crippen molar-refractivity contribution in [1.29, 1.82) is 0 Å². The Labute approximate surface area is 92.2 Å². The van der Waals surface area contributed by atoms with E-state index in [0.717, 1.165) is 32.7 Å². The number of ether oxygens (including phenoxy) is 1. The van der Waals surface area contributed by atoms with Gasteiger partial charge >= 0.3 is 0 Å². The van der Waals surface area contributed by atoms with Crippen molar-refractivity contribution in [3.8, 4) is 0 Å². The maximum absolute atomic E-state index is 11.8. The number of hydrogen-bond acceptors (Lipinski definition) is 3. The van der Waals surface area contributed by atoms with Gasteiger partial charge < -0.3 is 14.5 Å². The highest BCUT2D eigenvalue weighted by Gasteiger charge is 2.16. The number of rotatable bonds is 5. The minimum Gasteiger partial charge on any atom is -0.378 e. The molecule has 1 aliphatic heterocycles. The molecule has 0 spiro atoms. The molecule has 0 N–H and O–H groups in total. The van der Waals surface area contributed by atoms with Gasteiger partial charge in [0, 0.05) is 26.1 Å². The number of amides is 1. The van der Waals surface area contributed by atoms with Crippen molar-refractivity contribution in [3.05, 3.63) is 0 Å². The number of morpholine rings is 1. The molecule has 1 fully saturated rings. The van der Waals surface area contributed by atoms with Gasteiger partial charge in [-0.25, -0.2) is 0 Å². The molecule has 1 amide bonds. The summed E-state index contributed by atoms with van der Waals surface area (Å²) in [7, 11) is 0. The van der Waals surface area contributed by atoms with Gasteiger partial charge in [-0.2, -0.15) is 0 Å². The van der Waals surface area contributed by atoms with E-state index < -0.39 is 0 Å². The van der Waals surface area contributed by atoms with Crippen LogP contribution in [-0.2, 0) is 9.53 Å². The average Bonchev–Trinajstić information content (AvgIpc) is 2.31. The van der Waals surface area contributed by atoms with E-state index in [9.17, 15) is 4.79 Å². The lowest BCUT2D eigenvalue weighted by molar-refractivity contribution is -0.135. The zero-order chi connectivity index (χ0) is 11.1. The van der Waals surface area contributed by atoms with E-state index in [2.05, 4.69) is 18.7 Å². The average molecular weight is 214 g/mol. The quantitative estimate of drug-likeness (QED) is 0.671. The van der Waals surface area contributed by atoms with Gasteiger partial charge in [0.15, 0.2) is 0 Å². The van der Waals surface area contributed by atoms with Crippen molar-refractivity contribution in [2.24, 2.45) is 0 Å². The van der Waals surface area contributed by atoms with Crippen LogP contribution < -0.4 is 0 Å². The molecule has 4 nitrogen and oxygen atoms in total. The zero-order valence-electron chi connectivity index (χ0n) is 9.87. The SMILES string of the molecule is CCN(CC)CCC(=O)N1CCOCC1. The molecule has 1 heterocycles.